The Kier molecular flexibility index (Phi) is 1.96. The molecule has 2 heteroatoms. The van der Waals surface area contributed by atoms with Crippen molar-refractivity contribution in [2.75, 3.05) is 6.61 Å². The summed E-state index contributed by atoms with van der Waals surface area (Å²) in [5.41, 5.74) is 1.44. The molecule has 0 aromatic heterocycles. The highest BCUT2D eigenvalue weighted by Crippen LogP contribution is 2.50. The number of fused-ring (bicyclic) bond motifs is 2. The lowest BCUT2D eigenvalue weighted by atomic mass is 9.92. The summed E-state index contributed by atoms with van der Waals surface area (Å²) >= 11 is 3.46. The first-order chi connectivity index (χ1) is 6.78. The van der Waals surface area contributed by atoms with Gasteiger partial charge in [-0.2, -0.15) is 0 Å². The highest BCUT2D eigenvalue weighted by Gasteiger charge is 2.47. The second-order valence-corrected chi connectivity index (χ2v) is 5.34. The topological polar surface area (TPSA) is 9.23 Å². The fraction of sp³-hybridized carbons (Fsp3) is 0.500. The minimum Gasteiger partial charge on any atom is -0.370 e. The predicted octanol–water partition coefficient (Wildman–Crippen LogP) is 3.47. The van der Waals surface area contributed by atoms with Gasteiger partial charge in [0.05, 0.1) is 12.2 Å². The van der Waals surface area contributed by atoms with Crippen LogP contribution in [0.5, 0.6) is 0 Å². The van der Waals surface area contributed by atoms with Gasteiger partial charge < -0.3 is 4.74 Å². The molecule has 0 N–H and O–H groups in total. The molecule has 1 saturated carbocycles. The van der Waals surface area contributed by atoms with E-state index in [4.69, 9.17) is 4.74 Å². The van der Waals surface area contributed by atoms with Crippen molar-refractivity contribution >= 4 is 15.9 Å². The van der Waals surface area contributed by atoms with E-state index in [1.165, 1.54) is 24.8 Å². The van der Waals surface area contributed by atoms with Crippen molar-refractivity contribution in [2.45, 2.75) is 24.9 Å². The van der Waals surface area contributed by atoms with Crippen molar-refractivity contribution in [3.05, 3.63) is 34.3 Å². The molecular formula is C12H13BrO. The molecule has 2 unspecified atom stereocenters. The van der Waals surface area contributed by atoms with Gasteiger partial charge in [-0.3, -0.25) is 0 Å². The standard InChI is InChI=1S/C12H13BrO/c13-11-3-1-10(2-4-11)12-6-5-9(7-12)8-14-12/h1-4,9H,5-8H2. The highest BCUT2D eigenvalue weighted by atomic mass is 79.9. The van der Waals surface area contributed by atoms with Gasteiger partial charge in [-0.1, -0.05) is 28.1 Å². The first-order valence-corrected chi connectivity index (χ1v) is 5.98. The molecule has 2 fully saturated rings. The highest BCUT2D eigenvalue weighted by molar-refractivity contribution is 9.10. The van der Waals surface area contributed by atoms with Crippen LogP contribution in [0.25, 0.3) is 0 Å². The van der Waals surface area contributed by atoms with Crippen LogP contribution in [0.3, 0.4) is 0 Å². The summed E-state index contributed by atoms with van der Waals surface area (Å²) in [5, 5.41) is 0. The Morgan fingerprint density at radius 3 is 2.57 bits per heavy atom. The molecule has 0 amide bonds. The third kappa shape index (κ3) is 1.24. The van der Waals surface area contributed by atoms with E-state index in [9.17, 15) is 0 Å². The number of hydrogen-bond acceptors (Lipinski definition) is 1. The largest absolute Gasteiger partial charge is 0.370 e. The van der Waals surface area contributed by atoms with Crippen molar-refractivity contribution in [2.24, 2.45) is 5.92 Å². The lowest BCUT2D eigenvalue weighted by Crippen LogP contribution is -2.23. The molecule has 0 spiro atoms. The summed E-state index contributed by atoms with van der Waals surface area (Å²) in [6.07, 6.45) is 3.78. The number of benzene rings is 1. The summed E-state index contributed by atoms with van der Waals surface area (Å²) in [6, 6.07) is 8.60. The maximum atomic E-state index is 5.95. The average molecular weight is 253 g/mol. The number of halogens is 1. The molecular weight excluding hydrogens is 240 g/mol. The van der Waals surface area contributed by atoms with Gasteiger partial charge in [-0.25, -0.2) is 0 Å². The van der Waals surface area contributed by atoms with Crippen molar-refractivity contribution < 1.29 is 4.74 Å². The van der Waals surface area contributed by atoms with E-state index in [2.05, 4.69) is 40.2 Å². The zero-order valence-electron chi connectivity index (χ0n) is 8.00. The third-order valence-electron chi connectivity index (χ3n) is 3.54. The zero-order chi connectivity index (χ0) is 9.60. The van der Waals surface area contributed by atoms with Crippen LogP contribution in [0, 0.1) is 5.92 Å². The van der Waals surface area contributed by atoms with Crippen LogP contribution >= 0.6 is 15.9 Å². The summed E-state index contributed by atoms with van der Waals surface area (Å²) in [6.45, 7) is 0.968. The van der Waals surface area contributed by atoms with Gasteiger partial charge in [0.15, 0.2) is 0 Å². The molecule has 1 aromatic rings. The summed E-state index contributed by atoms with van der Waals surface area (Å²) in [5.74, 6) is 0.818. The Hall–Kier alpha value is -0.340. The summed E-state index contributed by atoms with van der Waals surface area (Å²) in [7, 11) is 0. The van der Waals surface area contributed by atoms with Crippen molar-refractivity contribution in [3.63, 3.8) is 0 Å². The maximum absolute atomic E-state index is 5.95. The molecule has 1 saturated heterocycles. The van der Waals surface area contributed by atoms with E-state index in [0.29, 0.717) is 0 Å². The minimum absolute atomic E-state index is 0.0748. The van der Waals surface area contributed by atoms with E-state index in [0.717, 1.165) is 17.0 Å². The Labute approximate surface area is 92.6 Å². The molecule has 1 nitrogen and oxygen atoms in total. The fourth-order valence-electron chi connectivity index (χ4n) is 2.76. The Morgan fingerprint density at radius 1 is 1.29 bits per heavy atom. The van der Waals surface area contributed by atoms with Gasteiger partial charge in [-0.05, 0) is 42.9 Å². The van der Waals surface area contributed by atoms with E-state index in [1.807, 2.05) is 0 Å². The van der Waals surface area contributed by atoms with E-state index in [1.54, 1.807) is 0 Å². The molecule has 74 valence electrons. The average Bonchev–Trinajstić information content (AvgIpc) is 2.79. The predicted molar refractivity (Wildman–Crippen MR) is 59.1 cm³/mol. The molecule has 2 aliphatic rings. The smallest absolute Gasteiger partial charge is 0.0935 e. The second kappa shape index (κ2) is 3.07. The van der Waals surface area contributed by atoms with Crippen LogP contribution in [0.1, 0.15) is 24.8 Å². The van der Waals surface area contributed by atoms with E-state index in [-0.39, 0.29) is 5.60 Å². The van der Waals surface area contributed by atoms with Crippen LogP contribution < -0.4 is 0 Å². The van der Waals surface area contributed by atoms with E-state index < -0.39 is 0 Å². The Bertz CT molecular complexity index is 336. The summed E-state index contributed by atoms with van der Waals surface area (Å²) in [4.78, 5) is 0. The maximum Gasteiger partial charge on any atom is 0.0935 e. The molecule has 14 heavy (non-hydrogen) atoms. The van der Waals surface area contributed by atoms with Crippen molar-refractivity contribution in [1.29, 1.82) is 0 Å². The van der Waals surface area contributed by atoms with Crippen LogP contribution in [0.2, 0.25) is 0 Å². The Balaban J connectivity index is 1.98. The molecule has 0 radical (unpaired) electrons. The van der Waals surface area contributed by atoms with Gasteiger partial charge in [0.1, 0.15) is 0 Å². The zero-order valence-corrected chi connectivity index (χ0v) is 9.59. The molecule has 1 aliphatic carbocycles. The van der Waals surface area contributed by atoms with Crippen LogP contribution in [-0.4, -0.2) is 6.61 Å². The SMILES string of the molecule is Brc1ccc(C23CCC(CO2)C3)cc1. The first kappa shape index (κ1) is 8.93. The first-order valence-electron chi connectivity index (χ1n) is 5.19. The van der Waals surface area contributed by atoms with Crippen LogP contribution in [0.15, 0.2) is 28.7 Å². The van der Waals surface area contributed by atoms with Gasteiger partial charge in [0.2, 0.25) is 0 Å². The van der Waals surface area contributed by atoms with Gasteiger partial charge in [0, 0.05) is 4.47 Å². The molecule has 1 aliphatic heterocycles. The van der Waals surface area contributed by atoms with E-state index >= 15 is 0 Å². The quantitative estimate of drug-likeness (QED) is 0.744. The van der Waals surface area contributed by atoms with Crippen molar-refractivity contribution in [1.82, 2.24) is 0 Å². The van der Waals surface area contributed by atoms with Crippen LogP contribution in [-0.2, 0) is 10.3 Å². The van der Waals surface area contributed by atoms with Crippen molar-refractivity contribution in [3.8, 4) is 0 Å². The normalized spacial score (nSPS) is 35.1. The fourth-order valence-corrected chi connectivity index (χ4v) is 3.02. The van der Waals surface area contributed by atoms with Gasteiger partial charge >= 0.3 is 0 Å². The third-order valence-corrected chi connectivity index (χ3v) is 4.07. The molecule has 2 atom stereocenters. The molecule has 2 bridgehead atoms. The number of hydrogen-bond donors (Lipinski definition) is 0. The molecule has 1 aromatic carbocycles. The van der Waals surface area contributed by atoms with Gasteiger partial charge in [0.25, 0.3) is 0 Å². The summed E-state index contributed by atoms with van der Waals surface area (Å²) < 4.78 is 7.09. The molecule has 1 heterocycles. The monoisotopic (exact) mass is 252 g/mol. The van der Waals surface area contributed by atoms with Gasteiger partial charge in [-0.15, -0.1) is 0 Å². The van der Waals surface area contributed by atoms with Crippen LogP contribution in [0.4, 0.5) is 0 Å². The number of ether oxygens (including phenoxy) is 1. The second-order valence-electron chi connectivity index (χ2n) is 4.42. The minimum atomic E-state index is 0.0748. The number of rotatable bonds is 1. The lowest BCUT2D eigenvalue weighted by molar-refractivity contribution is -0.0208. The molecule has 3 rings (SSSR count). The Morgan fingerprint density at radius 2 is 2.07 bits per heavy atom. The lowest BCUT2D eigenvalue weighted by Gasteiger charge is -2.27.